The van der Waals surface area contributed by atoms with E-state index in [2.05, 4.69) is 10.6 Å². The minimum Gasteiger partial charge on any atom is -0.508 e. The van der Waals surface area contributed by atoms with E-state index >= 15 is 0 Å². The minimum atomic E-state index is -1.91. The van der Waals surface area contributed by atoms with Crippen molar-refractivity contribution in [2.24, 2.45) is 11.5 Å². The maximum atomic E-state index is 12.9. The lowest BCUT2D eigenvalue weighted by atomic mass is 9.94. The first-order valence-corrected chi connectivity index (χ1v) is 10.8. The molecule has 4 bridgehead atoms. The highest BCUT2D eigenvalue weighted by atomic mass is 16.4. The number of nitrogens with two attached hydrogens (primary N) is 2. The van der Waals surface area contributed by atoms with Crippen molar-refractivity contribution in [2.75, 3.05) is 6.54 Å². The van der Waals surface area contributed by atoms with Crippen LogP contribution in [0.25, 0.3) is 11.1 Å². The Hall–Kier alpha value is -3.71. The van der Waals surface area contributed by atoms with Crippen LogP contribution in [0.15, 0.2) is 36.4 Å². The zero-order valence-corrected chi connectivity index (χ0v) is 18.6. The molecule has 12 nitrogen and oxygen atoms in total. The summed E-state index contributed by atoms with van der Waals surface area (Å²) in [6, 6.07) is 4.10. The molecule has 0 fully saturated rings. The molecule has 0 aromatic heterocycles. The van der Waals surface area contributed by atoms with E-state index in [0.29, 0.717) is 16.7 Å². The molecular formula is C23H28N4O8. The highest BCUT2D eigenvalue weighted by Crippen LogP contribution is 2.33. The molecule has 0 radical (unpaired) electrons. The first-order valence-electron chi connectivity index (χ1n) is 10.8. The highest BCUT2D eigenvalue weighted by molar-refractivity contribution is 5.92. The molecule has 35 heavy (non-hydrogen) atoms. The zero-order chi connectivity index (χ0) is 25.9. The van der Waals surface area contributed by atoms with Gasteiger partial charge in [0, 0.05) is 24.9 Å². The van der Waals surface area contributed by atoms with Crippen molar-refractivity contribution in [3.8, 4) is 22.6 Å². The first-order chi connectivity index (χ1) is 16.5. The fourth-order valence-electron chi connectivity index (χ4n) is 3.82. The Morgan fingerprint density at radius 2 is 1.66 bits per heavy atom. The molecule has 3 rings (SSSR count). The summed E-state index contributed by atoms with van der Waals surface area (Å²) in [6.07, 6.45) is -3.55. The van der Waals surface area contributed by atoms with E-state index in [1.54, 1.807) is 12.1 Å². The van der Waals surface area contributed by atoms with Crippen LogP contribution in [0.2, 0.25) is 0 Å². The summed E-state index contributed by atoms with van der Waals surface area (Å²) in [4.78, 5) is 37.6. The van der Waals surface area contributed by atoms with Crippen LogP contribution in [0.1, 0.15) is 23.7 Å². The third kappa shape index (κ3) is 5.87. The number of benzene rings is 2. The number of hydrogen-bond donors (Lipinski definition) is 9. The third-order valence-corrected chi connectivity index (χ3v) is 5.83. The second-order valence-corrected chi connectivity index (χ2v) is 8.38. The van der Waals surface area contributed by atoms with Gasteiger partial charge in [-0.25, -0.2) is 4.79 Å². The number of phenolic OH excluding ortho intramolecular Hbond substituents is 2. The predicted molar refractivity (Wildman–Crippen MR) is 123 cm³/mol. The Balaban J connectivity index is 2.14. The number of phenols is 2. The molecule has 1 aliphatic rings. The van der Waals surface area contributed by atoms with Gasteiger partial charge in [-0.15, -0.1) is 0 Å². The predicted octanol–water partition coefficient (Wildman–Crippen LogP) is -1.55. The quantitative estimate of drug-likeness (QED) is 0.240. The number of nitrogens with one attached hydrogen (secondary N) is 2. The Bertz CT molecular complexity index is 1120. The van der Waals surface area contributed by atoms with Gasteiger partial charge in [-0.3, -0.25) is 9.59 Å². The number of carbonyl (C=O) groups is 3. The largest absolute Gasteiger partial charge is 0.508 e. The lowest BCUT2D eigenvalue weighted by Crippen LogP contribution is -2.56. The maximum Gasteiger partial charge on any atom is 0.329 e. The second-order valence-electron chi connectivity index (χ2n) is 8.38. The Kier molecular flexibility index (Phi) is 7.92. The van der Waals surface area contributed by atoms with E-state index in [9.17, 15) is 39.9 Å². The average molecular weight is 488 g/mol. The van der Waals surface area contributed by atoms with E-state index < -0.39 is 53.9 Å². The molecule has 5 atom stereocenters. The number of fused-ring (bicyclic) bond motifs is 5. The number of aromatic hydroxyl groups is 2. The number of aliphatic carboxylic acids is 1. The van der Waals surface area contributed by atoms with Crippen LogP contribution in [0.3, 0.4) is 0 Å². The summed E-state index contributed by atoms with van der Waals surface area (Å²) in [6.45, 7) is -0.238. The monoisotopic (exact) mass is 488 g/mol. The van der Waals surface area contributed by atoms with E-state index in [-0.39, 0.29) is 30.7 Å². The molecular weight excluding hydrogens is 460 g/mol. The van der Waals surface area contributed by atoms with Crippen LogP contribution >= 0.6 is 0 Å². The van der Waals surface area contributed by atoms with Gasteiger partial charge in [0.1, 0.15) is 23.6 Å². The Morgan fingerprint density at radius 1 is 1.03 bits per heavy atom. The van der Waals surface area contributed by atoms with Crippen molar-refractivity contribution in [1.29, 1.82) is 0 Å². The van der Waals surface area contributed by atoms with E-state index in [4.69, 9.17) is 11.5 Å². The van der Waals surface area contributed by atoms with Crippen molar-refractivity contribution in [3.63, 3.8) is 0 Å². The molecule has 1 heterocycles. The van der Waals surface area contributed by atoms with Crippen LogP contribution in [0.4, 0.5) is 0 Å². The molecule has 0 saturated heterocycles. The Morgan fingerprint density at radius 3 is 2.29 bits per heavy atom. The van der Waals surface area contributed by atoms with Crippen LogP contribution in [0, 0.1) is 0 Å². The van der Waals surface area contributed by atoms with Gasteiger partial charge in [0.05, 0.1) is 12.1 Å². The van der Waals surface area contributed by atoms with Crippen LogP contribution in [0.5, 0.6) is 11.5 Å². The average Bonchev–Trinajstić information content (AvgIpc) is 2.82. The maximum absolute atomic E-state index is 12.9. The van der Waals surface area contributed by atoms with Gasteiger partial charge in [-0.2, -0.15) is 0 Å². The lowest BCUT2D eigenvalue weighted by Gasteiger charge is -2.26. The van der Waals surface area contributed by atoms with Crippen molar-refractivity contribution < 1.29 is 39.9 Å². The summed E-state index contributed by atoms with van der Waals surface area (Å²) in [5, 5.41) is 55.6. The van der Waals surface area contributed by atoms with E-state index in [1.807, 2.05) is 0 Å². The SMILES string of the molecule is NC[C@@H](O)C[C@H]1NC(=O)[C@@H](N)Cc2cc(ccc2O)-c2ccc(O)c(c2)[C@@H](O)[C@H](C(=O)O)NC1=O. The lowest BCUT2D eigenvalue weighted by molar-refractivity contribution is -0.146. The molecule has 0 spiro atoms. The molecule has 1 aliphatic heterocycles. The van der Waals surface area contributed by atoms with Crippen LogP contribution < -0.4 is 22.1 Å². The van der Waals surface area contributed by atoms with Gasteiger partial charge in [0.25, 0.3) is 0 Å². The van der Waals surface area contributed by atoms with Gasteiger partial charge in [0.15, 0.2) is 6.04 Å². The summed E-state index contributed by atoms with van der Waals surface area (Å²) in [5.41, 5.74) is 12.6. The molecule has 0 unspecified atom stereocenters. The van der Waals surface area contributed by atoms with Crippen molar-refractivity contribution in [3.05, 3.63) is 47.5 Å². The summed E-state index contributed by atoms with van der Waals surface area (Å²) >= 11 is 0. The van der Waals surface area contributed by atoms with Gasteiger partial charge in [-0.05, 0) is 41.0 Å². The summed E-state index contributed by atoms with van der Waals surface area (Å²) < 4.78 is 0. The Labute approximate surface area is 200 Å². The fraction of sp³-hybridized carbons (Fsp3) is 0.348. The normalized spacial score (nSPS) is 23.9. The number of hydrogen-bond acceptors (Lipinski definition) is 9. The number of carboxylic acids is 1. The number of carbonyl (C=O) groups excluding carboxylic acids is 2. The molecule has 11 N–H and O–H groups in total. The molecule has 0 aliphatic carbocycles. The van der Waals surface area contributed by atoms with Crippen LogP contribution in [-0.4, -0.2) is 74.1 Å². The highest BCUT2D eigenvalue weighted by Gasteiger charge is 2.35. The van der Waals surface area contributed by atoms with Crippen molar-refractivity contribution >= 4 is 17.8 Å². The molecule has 0 saturated carbocycles. The summed E-state index contributed by atoms with van der Waals surface area (Å²) in [7, 11) is 0. The summed E-state index contributed by atoms with van der Waals surface area (Å²) in [5.74, 6) is -3.94. The van der Waals surface area contributed by atoms with Gasteiger partial charge >= 0.3 is 5.97 Å². The molecule has 2 aromatic carbocycles. The number of rotatable bonds is 4. The second kappa shape index (κ2) is 10.7. The van der Waals surface area contributed by atoms with E-state index in [1.165, 1.54) is 24.3 Å². The topological polar surface area (TPSA) is 228 Å². The number of carboxylic acid groups (broad SMARTS) is 1. The number of amides is 2. The van der Waals surface area contributed by atoms with Crippen LogP contribution in [-0.2, 0) is 20.8 Å². The van der Waals surface area contributed by atoms with Gasteiger partial charge in [-0.1, -0.05) is 12.1 Å². The minimum absolute atomic E-state index is 0.107. The zero-order valence-electron chi connectivity index (χ0n) is 18.6. The number of aliphatic hydroxyl groups excluding tert-OH is 2. The fourth-order valence-corrected chi connectivity index (χ4v) is 3.82. The third-order valence-electron chi connectivity index (χ3n) is 5.83. The van der Waals surface area contributed by atoms with Crippen molar-refractivity contribution in [1.82, 2.24) is 10.6 Å². The first kappa shape index (κ1) is 25.9. The van der Waals surface area contributed by atoms with Gasteiger partial charge < -0.3 is 47.6 Å². The van der Waals surface area contributed by atoms with Gasteiger partial charge in [0.2, 0.25) is 11.8 Å². The van der Waals surface area contributed by atoms with E-state index in [0.717, 1.165) is 0 Å². The number of aliphatic hydroxyl groups is 2. The smallest absolute Gasteiger partial charge is 0.329 e. The molecule has 188 valence electrons. The van der Waals surface area contributed by atoms with Crippen molar-refractivity contribution in [2.45, 2.75) is 43.2 Å². The molecule has 2 amide bonds. The molecule has 2 aromatic rings. The molecule has 12 heteroatoms. The standard InChI is InChI=1S/C23H28N4O8/c24-9-13(28)8-16-22(33)27-19(23(34)35)20(31)14-6-11(2-4-18(14)30)10-1-3-17(29)12(5-10)7-15(25)21(32)26-16/h1-6,13,15-16,19-20,28-31H,7-9,24-25H2,(H,26,32)(H,27,33)(H,34,35)/t13-,15-,16+,19+,20+/m0/s1.